The molecule has 1 saturated heterocycles. The van der Waals surface area contributed by atoms with Crippen molar-refractivity contribution < 1.29 is 9.53 Å². The molecule has 2 aromatic carbocycles. The van der Waals surface area contributed by atoms with Crippen LogP contribution in [0.2, 0.25) is 5.02 Å². The normalized spacial score (nSPS) is 15.9. The molecule has 28 heavy (non-hydrogen) atoms. The Morgan fingerprint density at radius 2 is 1.89 bits per heavy atom. The third-order valence-electron chi connectivity index (χ3n) is 5.42. The van der Waals surface area contributed by atoms with Crippen molar-refractivity contribution in [3.05, 3.63) is 58.6 Å². The number of hydrogen-bond acceptors (Lipinski definition) is 3. The Kier molecular flexibility index (Phi) is 6.84. The zero-order chi connectivity index (χ0) is 20.1. The zero-order valence-corrected chi connectivity index (χ0v) is 17.6. The van der Waals surface area contributed by atoms with Gasteiger partial charge >= 0.3 is 0 Å². The summed E-state index contributed by atoms with van der Waals surface area (Å²) < 4.78 is 5.57. The molecule has 0 saturated carbocycles. The minimum Gasteiger partial charge on any atom is -0.484 e. The van der Waals surface area contributed by atoms with Crippen LogP contribution in [0.3, 0.4) is 0 Å². The van der Waals surface area contributed by atoms with E-state index in [9.17, 15) is 4.79 Å². The molecule has 0 bridgehead atoms. The molecule has 1 fully saturated rings. The van der Waals surface area contributed by atoms with Gasteiger partial charge in [0, 0.05) is 23.8 Å². The summed E-state index contributed by atoms with van der Waals surface area (Å²) in [6, 6.07) is 13.8. The Bertz CT molecular complexity index is 799. The predicted octanol–water partition coefficient (Wildman–Crippen LogP) is 5.14. The summed E-state index contributed by atoms with van der Waals surface area (Å²) in [5, 5.41) is 3.68. The second-order valence-corrected chi connectivity index (χ2v) is 8.16. The van der Waals surface area contributed by atoms with Crippen molar-refractivity contribution in [1.29, 1.82) is 0 Å². The Hall–Kier alpha value is -2.20. The molecule has 1 amide bonds. The predicted molar refractivity (Wildman–Crippen MR) is 115 cm³/mol. The fourth-order valence-corrected chi connectivity index (χ4v) is 3.58. The number of rotatable bonds is 6. The van der Waals surface area contributed by atoms with Crippen LogP contribution in [0.1, 0.15) is 43.9 Å². The summed E-state index contributed by atoms with van der Waals surface area (Å²) in [7, 11) is 0. The monoisotopic (exact) mass is 400 g/mol. The average Bonchev–Trinajstić information content (AvgIpc) is 2.69. The number of nitrogens with one attached hydrogen (secondary N) is 1. The molecule has 1 heterocycles. The van der Waals surface area contributed by atoms with Crippen LogP contribution in [-0.4, -0.2) is 25.6 Å². The molecule has 0 radical (unpaired) electrons. The standard InChI is InChI=1S/C23H29ClN2O2/c1-16-10-12-26(13-11-16)20-6-4-19(5-7-20)18(3)25-23(27)15-28-21-8-9-22(24)17(2)14-21/h4-9,14,16,18H,10-13,15H2,1-3H3,(H,25,27). The summed E-state index contributed by atoms with van der Waals surface area (Å²) in [5.74, 6) is 1.32. The number of anilines is 1. The molecule has 150 valence electrons. The van der Waals surface area contributed by atoms with Crippen LogP contribution >= 0.6 is 11.6 Å². The zero-order valence-electron chi connectivity index (χ0n) is 16.9. The van der Waals surface area contributed by atoms with Gasteiger partial charge in [-0.1, -0.05) is 30.7 Å². The minimum atomic E-state index is -0.144. The topological polar surface area (TPSA) is 41.6 Å². The maximum absolute atomic E-state index is 12.2. The molecule has 0 aliphatic carbocycles. The van der Waals surface area contributed by atoms with Crippen molar-refractivity contribution in [2.45, 2.75) is 39.7 Å². The molecule has 1 aliphatic rings. The second-order valence-electron chi connectivity index (χ2n) is 7.75. The van der Waals surface area contributed by atoms with E-state index in [1.165, 1.54) is 18.5 Å². The molecular formula is C23H29ClN2O2. The molecule has 1 atom stereocenters. The van der Waals surface area contributed by atoms with Crippen LogP contribution in [-0.2, 0) is 4.79 Å². The highest BCUT2D eigenvalue weighted by atomic mass is 35.5. The summed E-state index contributed by atoms with van der Waals surface area (Å²) in [4.78, 5) is 14.7. The number of benzene rings is 2. The molecule has 3 rings (SSSR count). The van der Waals surface area contributed by atoms with Crippen molar-refractivity contribution >= 4 is 23.2 Å². The van der Waals surface area contributed by atoms with Gasteiger partial charge in [0.15, 0.2) is 6.61 Å². The second kappa shape index (κ2) is 9.33. The Morgan fingerprint density at radius 3 is 2.54 bits per heavy atom. The van der Waals surface area contributed by atoms with E-state index in [4.69, 9.17) is 16.3 Å². The molecule has 0 spiro atoms. The molecule has 4 nitrogen and oxygen atoms in total. The van der Waals surface area contributed by atoms with Gasteiger partial charge in [-0.25, -0.2) is 0 Å². The van der Waals surface area contributed by atoms with Crippen LogP contribution < -0.4 is 15.0 Å². The van der Waals surface area contributed by atoms with Crippen molar-refractivity contribution in [3.63, 3.8) is 0 Å². The first-order valence-corrected chi connectivity index (χ1v) is 10.3. The Labute approximate surface area is 172 Å². The van der Waals surface area contributed by atoms with Crippen LogP contribution in [0.25, 0.3) is 0 Å². The number of halogens is 1. The third-order valence-corrected chi connectivity index (χ3v) is 5.84. The maximum atomic E-state index is 12.2. The van der Waals surface area contributed by atoms with Crippen LogP contribution in [0.15, 0.2) is 42.5 Å². The number of hydrogen-bond donors (Lipinski definition) is 1. The number of piperidine rings is 1. The van der Waals surface area contributed by atoms with Gasteiger partial charge in [0.25, 0.3) is 5.91 Å². The van der Waals surface area contributed by atoms with Gasteiger partial charge in [0.1, 0.15) is 5.75 Å². The van der Waals surface area contributed by atoms with Crippen molar-refractivity contribution in [1.82, 2.24) is 5.32 Å². The van der Waals surface area contributed by atoms with Gasteiger partial charge in [0.2, 0.25) is 0 Å². The lowest BCUT2D eigenvalue weighted by Crippen LogP contribution is -2.33. The van der Waals surface area contributed by atoms with Crippen LogP contribution in [0, 0.1) is 12.8 Å². The number of carbonyl (C=O) groups excluding carboxylic acids is 1. The van der Waals surface area contributed by atoms with Crippen LogP contribution in [0.4, 0.5) is 5.69 Å². The van der Waals surface area contributed by atoms with E-state index in [0.717, 1.165) is 30.1 Å². The van der Waals surface area contributed by atoms with Crippen molar-refractivity contribution in [2.24, 2.45) is 5.92 Å². The van der Waals surface area contributed by atoms with Crippen LogP contribution in [0.5, 0.6) is 5.75 Å². The number of ether oxygens (including phenoxy) is 1. The summed E-state index contributed by atoms with van der Waals surface area (Å²) in [5.41, 5.74) is 3.27. The lowest BCUT2D eigenvalue weighted by Gasteiger charge is -2.32. The Morgan fingerprint density at radius 1 is 1.21 bits per heavy atom. The minimum absolute atomic E-state index is 0.0184. The molecule has 5 heteroatoms. The summed E-state index contributed by atoms with van der Waals surface area (Å²) >= 11 is 6.01. The lowest BCUT2D eigenvalue weighted by molar-refractivity contribution is -0.123. The Balaban J connectivity index is 1.50. The van der Waals surface area contributed by atoms with E-state index >= 15 is 0 Å². The van der Waals surface area contributed by atoms with Gasteiger partial charge in [0.05, 0.1) is 6.04 Å². The first kappa shape index (κ1) is 20.5. The van der Waals surface area contributed by atoms with Gasteiger partial charge in [-0.15, -0.1) is 0 Å². The average molecular weight is 401 g/mol. The molecular weight excluding hydrogens is 372 g/mol. The van der Waals surface area contributed by atoms with Crippen molar-refractivity contribution in [3.8, 4) is 5.75 Å². The molecule has 2 aromatic rings. The van der Waals surface area contributed by atoms with E-state index in [-0.39, 0.29) is 18.6 Å². The maximum Gasteiger partial charge on any atom is 0.258 e. The molecule has 0 aromatic heterocycles. The fourth-order valence-electron chi connectivity index (χ4n) is 3.46. The highest BCUT2D eigenvalue weighted by Crippen LogP contribution is 2.25. The number of aryl methyl sites for hydroxylation is 1. The lowest BCUT2D eigenvalue weighted by atomic mass is 9.98. The molecule has 1 unspecified atom stereocenters. The van der Waals surface area contributed by atoms with Crippen molar-refractivity contribution in [2.75, 3.05) is 24.6 Å². The highest BCUT2D eigenvalue weighted by molar-refractivity contribution is 6.31. The number of carbonyl (C=O) groups is 1. The molecule has 1 N–H and O–H groups in total. The largest absolute Gasteiger partial charge is 0.484 e. The third kappa shape index (κ3) is 5.41. The quantitative estimate of drug-likeness (QED) is 0.729. The van der Waals surface area contributed by atoms with E-state index in [1.54, 1.807) is 12.1 Å². The van der Waals surface area contributed by atoms with Gasteiger partial charge in [-0.3, -0.25) is 4.79 Å². The van der Waals surface area contributed by atoms with E-state index in [1.807, 2.05) is 19.9 Å². The summed E-state index contributed by atoms with van der Waals surface area (Å²) in [6.45, 7) is 8.44. The highest BCUT2D eigenvalue weighted by Gasteiger charge is 2.16. The fraction of sp³-hybridized carbons (Fsp3) is 0.435. The number of nitrogens with zero attached hydrogens (tertiary/aromatic N) is 1. The van der Waals surface area contributed by atoms with Gasteiger partial charge < -0.3 is 15.0 Å². The summed E-state index contributed by atoms with van der Waals surface area (Å²) in [6.07, 6.45) is 2.50. The smallest absolute Gasteiger partial charge is 0.258 e. The van der Waals surface area contributed by atoms with Gasteiger partial charge in [-0.2, -0.15) is 0 Å². The van der Waals surface area contributed by atoms with E-state index in [0.29, 0.717) is 10.8 Å². The number of amides is 1. The SMILES string of the molecule is Cc1cc(OCC(=O)NC(C)c2ccc(N3CCC(C)CC3)cc2)ccc1Cl. The van der Waals surface area contributed by atoms with E-state index < -0.39 is 0 Å². The first-order chi connectivity index (χ1) is 13.4. The van der Waals surface area contributed by atoms with E-state index in [2.05, 4.69) is 41.4 Å². The van der Waals surface area contributed by atoms with Gasteiger partial charge in [-0.05, 0) is 74.1 Å². The first-order valence-electron chi connectivity index (χ1n) is 9.95. The molecule has 1 aliphatic heterocycles.